The maximum Gasteiger partial charge on any atom is 0.406 e. The van der Waals surface area contributed by atoms with Gasteiger partial charge < -0.3 is 24.9 Å². The summed E-state index contributed by atoms with van der Waals surface area (Å²) in [4.78, 5) is 37.3. The van der Waals surface area contributed by atoms with E-state index in [0.29, 0.717) is 5.00 Å². The minimum absolute atomic E-state index is 0.116. The predicted octanol–water partition coefficient (Wildman–Crippen LogP) is 2.25. The summed E-state index contributed by atoms with van der Waals surface area (Å²) in [5.41, 5.74) is 0.238. The number of pyridine rings is 1. The van der Waals surface area contributed by atoms with Crippen LogP contribution in [0.15, 0.2) is 29.8 Å². The molecule has 2 aromatic heterocycles. The molecule has 2 aromatic rings. The number of aromatic nitrogens is 1. The molecule has 2 rings (SSSR count). The van der Waals surface area contributed by atoms with Crippen molar-refractivity contribution in [3.05, 3.63) is 45.5 Å². The molecule has 24 heavy (non-hydrogen) atoms. The Balaban J connectivity index is 1.99. The molecule has 0 saturated carbocycles. The van der Waals surface area contributed by atoms with Gasteiger partial charge >= 0.3 is 11.8 Å². The number of rotatable bonds is 7. The predicted molar refractivity (Wildman–Crippen MR) is 85.3 cm³/mol. The molecule has 9 nitrogen and oxygen atoms in total. The number of ether oxygens (including phenoxy) is 2. The number of nitro groups is 1. The highest BCUT2D eigenvalue weighted by atomic mass is 32.1. The first-order valence-electron chi connectivity index (χ1n) is 6.79. The van der Waals surface area contributed by atoms with Crippen molar-refractivity contribution in [2.24, 2.45) is 0 Å². The third-order valence-electron chi connectivity index (χ3n) is 2.70. The van der Waals surface area contributed by atoms with Gasteiger partial charge in [0, 0.05) is 0 Å². The van der Waals surface area contributed by atoms with Gasteiger partial charge in [-0.25, -0.2) is 4.79 Å². The molecule has 1 amide bonds. The Morgan fingerprint density at radius 3 is 2.92 bits per heavy atom. The van der Waals surface area contributed by atoms with E-state index in [0.717, 1.165) is 11.3 Å². The molecule has 2 heterocycles. The van der Waals surface area contributed by atoms with Crippen LogP contribution in [-0.2, 0) is 9.53 Å². The van der Waals surface area contributed by atoms with Crippen molar-refractivity contribution in [2.75, 3.05) is 18.5 Å². The Hall–Kier alpha value is -3.01. The maximum absolute atomic E-state index is 11.9. The lowest BCUT2D eigenvalue weighted by Gasteiger charge is -2.07. The van der Waals surface area contributed by atoms with Crippen molar-refractivity contribution in [3.8, 4) is 5.75 Å². The maximum atomic E-state index is 11.9. The first-order valence-corrected chi connectivity index (χ1v) is 7.67. The Labute approximate surface area is 140 Å². The second kappa shape index (κ2) is 8.02. The van der Waals surface area contributed by atoms with Crippen LogP contribution in [0.2, 0.25) is 0 Å². The van der Waals surface area contributed by atoms with Crippen LogP contribution < -0.4 is 10.1 Å². The largest absolute Gasteiger partial charge is 0.476 e. The van der Waals surface area contributed by atoms with Crippen molar-refractivity contribution in [2.45, 2.75) is 6.92 Å². The van der Waals surface area contributed by atoms with E-state index in [2.05, 4.69) is 10.3 Å². The van der Waals surface area contributed by atoms with Gasteiger partial charge in [-0.05, 0) is 40.4 Å². The molecule has 0 atom stereocenters. The number of hydrogen-bond acceptors (Lipinski definition) is 8. The van der Waals surface area contributed by atoms with E-state index in [1.165, 1.54) is 24.4 Å². The summed E-state index contributed by atoms with van der Waals surface area (Å²) in [5, 5.41) is 15.3. The molecule has 1 N–H and O–H groups in total. The Bertz CT molecular complexity index is 760. The van der Waals surface area contributed by atoms with Crippen LogP contribution in [0.1, 0.15) is 17.3 Å². The van der Waals surface area contributed by atoms with Crippen LogP contribution in [0.5, 0.6) is 5.75 Å². The second-order valence-corrected chi connectivity index (χ2v) is 5.22. The number of amides is 1. The molecular formula is C14H13N3O6S. The van der Waals surface area contributed by atoms with Crippen LogP contribution in [0.25, 0.3) is 0 Å². The zero-order valence-corrected chi connectivity index (χ0v) is 13.4. The van der Waals surface area contributed by atoms with Crippen molar-refractivity contribution in [3.63, 3.8) is 0 Å². The lowest BCUT2D eigenvalue weighted by Crippen LogP contribution is -2.21. The molecule has 10 heteroatoms. The van der Waals surface area contributed by atoms with Gasteiger partial charge in [-0.1, -0.05) is 0 Å². The van der Waals surface area contributed by atoms with E-state index >= 15 is 0 Å². The number of carbonyl (C=O) groups excluding carboxylic acids is 2. The topological polar surface area (TPSA) is 121 Å². The normalized spacial score (nSPS) is 10.0. The Kier molecular flexibility index (Phi) is 5.79. The first-order chi connectivity index (χ1) is 11.5. The molecule has 0 aromatic carbocycles. The number of anilines is 1. The third kappa shape index (κ3) is 4.26. The van der Waals surface area contributed by atoms with E-state index in [1.807, 2.05) is 0 Å². The number of carbonyl (C=O) groups is 2. The molecule has 0 aliphatic carbocycles. The molecule has 0 spiro atoms. The first kappa shape index (κ1) is 17.3. The number of hydrogen-bond donors (Lipinski definition) is 1. The average molecular weight is 351 g/mol. The number of nitrogens with one attached hydrogen (secondary N) is 1. The minimum Gasteiger partial charge on any atom is -0.476 e. The molecule has 0 radical (unpaired) electrons. The van der Waals surface area contributed by atoms with Crippen molar-refractivity contribution in [1.82, 2.24) is 4.98 Å². The third-order valence-corrected chi connectivity index (χ3v) is 3.53. The van der Waals surface area contributed by atoms with E-state index in [9.17, 15) is 19.7 Å². The van der Waals surface area contributed by atoms with Crippen LogP contribution in [0, 0.1) is 10.1 Å². The summed E-state index contributed by atoms with van der Waals surface area (Å²) in [7, 11) is 0. The van der Waals surface area contributed by atoms with Gasteiger partial charge in [-0.15, -0.1) is 11.3 Å². The fourth-order valence-corrected chi connectivity index (χ4v) is 2.50. The summed E-state index contributed by atoms with van der Waals surface area (Å²) in [6.45, 7) is 1.43. The van der Waals surface area contributed by atoms with Crippen LogP contribution >= 0.6 is 11.3 Å². The quantitative estimate of drug-likeness (QED) is 0.461. The lowest BCUT2D eigenvalue weighted by atomic mass is 10.3. The fraction of sp³-hybridized carbons (Fsp3) is 0.214. The number of nitrogens with zero attached hydrogens (tertiary/aromatic N) is 2. The average Bonchev–Trinajstić information content (AvgIpc) is 3.01. The minimum atomic E-state index is -0.703. The van der Waals surface area contributed by atoms with Crippen molar-refractivity contribution >= 4 is 34.0 Å². The van der Waals surface area contributed by atoms with E-state index < -0.39 is 29.2 Å². The summed E-state index contributed by atoms with van der Waals surface area (Å²) < 4.78 is 10.0. The molecular weight excluding hydrogens is 338 g/mol. The van der Waals surface area contributed by atoms with E-state index in [1.54, 1.807) is 12.3 Å². The van der Waals surface area contributed by atoms with Gasteiger partial charge in [-0.3, -0.25) is 4.79 Å². The molecule has 0 aliphatic rings. The highest BCUT2D eigenvalue weighted by Crippen LogP contribution is 2.25. The smallest absolute Gasteiger partial charge is 0.406 e. The highest BCUT2D eigenvalue weighted by Gasteiger charge is 2.19. The number of esters is 1. The van der Waals surface area contributed by atoms with Gasteiger partial charge in [0.15, 0.2) is 6.61 Å². The van der Waals surface area contributed by atoms with Gasteiger partial charge in [0.1, 0.15) is 11.2 Å². The fourth-order valence-electron chi connectivity index (χ4n) is 1.71. The summed E-state index contributed by atoms with van der Waals surface area (Å²) in [5.74, 6) is -1.71. The summed E-state index contributed by atoms with van der Waals surface area (Å²) >= 11 is 1.15. The Morgan fingerprint density at radius 1 is 1.42 bits per heavy atom. The highest BCUT2D eigenvalue weighted by molar-refractivity contribution is 7.14. The van der Waals surface area contributed by atoms with Crippen LogP contribution in [0.3, 0.4) is 0 Å². The monoisotopic (exact) mass is 351 g/mol. The molecule has 0 aliphatic heterocycles. The van der Waals surface area contributed by atoms with E-state index in [4.69, 9.17) is 9.47 Å². The number of thiophene rings is 1. The molecule has 0 fully saturated rings. The van der Waals surface area contributed by atoms with Crippen LogP contribution in [0.4, 0.5) is 10.8 Å². The lowest BCUT2D eigenvalue weighted by molar-refractivity contribution is -0.390. The van der Waals surface area contributed by atoms with Crippen molar-refractivity contribution in [1.29, 1.82) is 0 Å². The standard InChI is InChI=1S/C14H13N3O6S/c1-2-22-14(19)9-5-7-24-13(9)16-11(18)8-23-10-4-3-6-15-12(10)17(20)21/h3-7H,2,8H2,1H3,(H,16,18). The van der Waals surface area contributed by atoms with Gasteiger partial charge in [0.2, 0.25) is 5.75 Å². The molecule has 0 unspecified atom stereocenters. The second-order valence-electron chi connectivity index (χ2n) is 4.30. The zero-order valence-electron chi connectivity index (χ0n) is 12.6. The molecule has 0 saturated heterocycles. The van der Waals surface area contributed by atoms with Crippen LogP contribution in [-0.4, -0.2) is 35.0 Å². The van der Waals surface area contributed by atoms with E-state index in [-0.39, 0.29) is 17.9 Å². The SMILES string of the molecule is CCOC(=O)c1ccsc1NC(=O)COc1cccnc1[N+](=O)[O-]. The zero-order chi connectivity index (χ0) is 17.5. The van der Waals surface area contributed by atoms with Gasteiger partial charge in [0.05, 0.1) is 12.2 Å². The molecule has 0 bridgehead atoms. The van der Waals surface area contributed by atoms with Gasteiger partial charge in [-0.2, -0.15) is 0 Å². The summed E-state index contributed by atoms with van der Waals surface area (Å²) in [6, 6.07) is 4.33. The van der Waals surface area contributed by atoms with Crippen molar-refractivity contribution < 1.29 is 24.0 Å². The van der Waals surface area contributed by atoms with Gasteiger partial charge in [0.25, 0.3) is 5.91 Å². The Morgan fingerprint density at radius 2 is 2.21 bits per heavy atom. The molecule has 126 valence electrons. The summed E-state index contributed by atoms with van der Waals surface area (Å²) in [6.07, 6.45) is 1.25.